The summed E-state index contributed by atoms with van der Waals surface area (Å²) >= 11 is 0. The molecule has 2 aliphatic carbocycles. The highest BCUT2D eigenvalue weighted by Crippen LogP contribution is 2.50. The predicted molar refractivity (Wildman–Crippen MR) is 67.2 cm³/mol. The van der Waals surface area contributed by atoms with E-state index in [4.69, 9.17) is 0 Å². The van der Waals surface area contributed by atoms with Crippen LogP contribution < -0.4 is 0 Å². The van der Waals surface area contributed by atoms with Crippen LogP contribution in [0.1, 0.15) is 59.8 Å². The Balaban J connectivity index is 2.29. The van der Waals surface area contributed by atoms with Gasteiger partial charge in [-0.3, -0.25) is 4.79 Å². The van der Waals surface area contributed by atoms with Gasteiger partial charge in [-0.05, 0) is 50.4 Å². The molecule has 0 fully saturated rings. The van der Waals surface area contributed by atoms with E-state index in [0.29, 0.717) is 17.1 Å². The molecule has 0 bridgehead atoms. The van der Waals surface area contributed by atoms with Crippen LogP contribution in [0.5, 0.6) is 0 Å². The Bertz CT molecular complexity index is 335. The Morgan fingerprint density at radius 3 is 2.50 bits per heavy atom. The van der Waals surface area contributed by atoms with Crippen molar-refractivity contribution in [3.8, 4) is 0 Å². The van der Waals surface area contributed by atoms with E-state index in [0.717, 1.165) is 18.8 Å². The molecule has 90 valence electrons. The zero-order chi connectivity index (χ0) is 11.9. The van der Waals surface area contributed by atoms with Crippen molar-refractivity contribution in [1.82, 2.24) is 0 Å². The van der Waals surface area contributed by atoms with E-state index in [1.165, 1.54) is 19.3 Å². The van der Waals surface area contributed by atoms with Gasteiger partial charge < -0.3 is 0 Å². The number of hydrogen-bond donors (Lipinski definition) is 0. The summed E-state index contributed by atoms with van der Waals surface area (Å²) in [5.41, 5.74) is 3.63. The number of rotatable bonds is 1. The third-order valence-corrected chi connectivity index (χ3v) is 5.14. The van der Waals surface area contributed by atoms with Crippen LogP contribution in [0.3, 0.4) is 0 Å². The second-order valence-corrected chi connectivity index (χ2v) is 6.29. The fourth-order valence-electron chi connectivity index (χ4n) is 3.38. The lowest BCUT2D eigenvalue weighted by Crippen LogP contribution is -2.33. The number of ketones is 1. The minimum Gasteiger partial charge on any atom is -0.300 e. The lowest BCUT2D eigenvalue weighted by molar-refractivity contribution is -0.121. The molecule has 0 amide bonds. The fourth-order valence-corrected chi connectivity index (χ4v) is 3.38. The quantitative estimate of drug-likeness (QED) is 0.607. The SMILES string of the molecule is CC(=O)[C@H]1CCC2=C(C1)C(C)(C)[C@@H](C)CC2. The summed E-state index contributed by atoms with van der Waals surface area (Å²) < 4.78 is 0. The molecule has 0 heterocycles. The highest BCUT2D eigenvalue weighted by Gasteiger charge is 2.38. The molecular formula is C15H24O. The average Bonchev–Trinajstić information content (AvgIpc) is 2.23. The maximum atomic E-state index is 11.5. The van der Waals surface area contributed by atoms with Crippen molar-refractivity contribution in [2.45, 2.75) is 59.8 Å². The first kappa shape index (κ1) is 11.9. The topological polar surface area (TPSA) is 17.1 Å². The normalized spacial score (nSPS) is 33.5. The average molecular weight is 220 g/mol. The highest BCUT2D eigenvalue weighted by atomic mass is 16.1. The van der Waals surface area contributed by atoms with Gasteiger partial charge in [-0.25, -0.2) is 0 Å². The van der Waals surface area contributed by atoms with E-state index >= 15 is 0 Å². The van der Waals surface area contributed by atoms with Gasteiger partial charge in [-0.2, -0.15) is 0 Å². The lowest BCUT2D eigenvalue weighted by Gasteiger charge is -2.44. The largest absolute Gasteiger partial charge is 0.300 e. The Morgan fingerprint density at radius 2 is 1.88 bits per heavy atom. The predicted octanol–water partition coefficient (Wildman–Crippen LogP) is 4.13. The molecule has 2 rings (SSSR count). The van der Waals surface area contributed by atoms with E-state index < -0.39 is 0 Å². The van der Waals surface area contributed by atoms with Gasteiger partial charge in [0.2, 0.25) is 0 Å². The first-order valence-electron chi connectivity index (χ1n) is 6.64. The van der Waals surface area contributed by atoms with Gasteiger partial charge in [0.1, 0.15) is 5.78 Å². The van der Waals surface area contributed by atoms with E-state index in [1.807, 2.05) is 0 Å². The highest BCUT2D eigenvalue weighted by molar-refractivity contribution is 5.79. The second-order valence-electron chi connectivity index (χ2n) is 6.29. The van der Waals surface area contributed by atoms with Crippen LogP contribution in [0.2, 0.25) is 0 Å². The van der Waals surface area contributed by atoms with Crippen LogP contribution in [0.4, 0.5) is 0 Å². The van der Waals surface area contributed by atoms with Gasteiger partial charge in [0.05, 0.1) is 0 Å². The van der Waals surface area contributed by atoms with Gasteiger partial charge in [0.25, 0.3) is 0 Å². The van der Waals surface area contributed by atoms with Crippen LogP contribution >= 0.6 is 0 Å². The summed E-state index contributed by atoms with van der Waals surface area (Å²) in [4.78, 5) is 11.5. The summed E-state index contributed by atoms with van der Waals surface area (Å²) in [5.74, 6) is 1.46. The van der Waals surface area contributed by atoms with Crippen LogP contribution in [0, 0.1) is 17.3 Å². The minimum atomic E-state index is 0.309. The van der Waals surface area contributed by atoms with Gasteiger partial charge in [-0.1, -0.05) is 31.9 Å². The molecule has 0 saturated carbocycles. The van der Waals surface area contributed by atoms with Crippen molar-refractivity contribution in [2.75, 3.05) is 0 Å². The summed E-state index contributed by atoms with van der Waals surface area (Å²) in [5, 5.41) is 0. The third-order valence-electron chi connectivity index (χ3n) is 5.14. The Hall–Kier alpha value is -0.590. The molecule has 0 aromatic carbocycles. The molecule has 0 unspecified atom stereocenters. The van der Waals surface area contributed by atoms with Crippen LogP contribution in [-0.4, -0.2) is 5.78 Å². The molecular weight excluding hydrogens is 196 g/mol. The van der Waals surface area contributed by atoms with E-state index in [9.17, 15) is 4.79 Å². The van der Waals surface area contributed by atoms with Gasteiger partial charge >= 0.3 is 0 Å². The van der Waals surface area contributed by atoms with Crippen molar-refractivity contribution in [2.24, 2.45) is 17.3 Å². The van der Waals surface area contributed by atoms with Crippen LogP contribution in [0.15, 0.2) is 11.1 Å². The Kier molecular flexibility index (Phi) is 2.98. The number of allylic oxidation sites excluding steroid dienone is 2. The lowest BCUT2D eigenvalue weighted by atomic mass is 9.61. The molecule has 0 aromatic heterocycles. The molecule has 0 radical (unpaired) electrons. The Labute approximate surface area is 99.3 Å². The first-order chi connectivity index (χ1) is 7.43. The van der Waals surface area contributed by atoms with Crippen LogP contribution in [-0.2, 0) is 4.79 Å². The van der Waals surface area contributed by atoms with E-state index in [2.05, 4.69) is 20.8 Å². The van der Waals surface area contributed by atoms with Gasteiger partial charge in [-0.15, -0.1) is 0 Å². The second kappa shape index (κ2) is 4.01. The smallest absolute Gasteiger partial charge is 0.133 e. The molecule has 0 aromatic rings. The molecule has 0 N–H and O–H groups in total. The zero-order valence-electron chi connectivity index (χ0n) is 11.1. The van der Waals surface area contributed by atoms with Crippen molar-refractivity contribution in [3.63, 3.8) is 0 Å². The number of hydrogen-bond acceptors (Lipinski definition) is 1. The molecule has 2 atom stereocenters. The number of carbonyl (C=O) groups excluding carboxylic acids is 1. The fraction of sp³-hybridized carbons (Fsp3) is 0.800. The molecule has 1 heteroatoms. The molecule has 0 aliphatic heterocycles. The summed E-state index contributed by atoms with van der Waals surface area (Å²) in [6.45, 7) is 8.86. The first-order valence-corrected chi connectivity index (χ1v) is 6.64. The molecule has 2 aliphatic rings. The third kappa shape index (κ3) is 1.85. The molecule has 0 spiro atoms. The monoisotopic (exact) mass is 220 g/mol. The molecule has 16 heavy (non-hydrogen) atoms. The Morgan fingerprint density at radius 1 is 1.25 bits per heavy atom. The van der Waals surface area contributed by atoms with Crippen molar-refractivity contribution in [1.29, 1.82) is 0 Å². The van der Waals surface area contributed by atoms with Crippen molar-refractivity contribution >= 4 is 5.78 Å². The van der Waals surface area contributed by atoms with Crippen molar-refractivity contribution < 1.29 is 4.79 Å². The zero-order valence-corrected chi connectivity index (χ0v) is 11.1. The van der Waals surface area contributed by atoms with Crippen LogP contribution in [0.25, 0.3) is 0 Å². The standard InChI is InChI=1S/C15H24O/c1-10-5-6-12-7-8-13(11(2)16)9-14(12)15(10,3)4/h10,13H,5-9H2,1-4H3/t10-,13-/m0/s1. The minimum absolute atomic E-state index is 0.309. The molecule has 1 nitrogen and oxygen atoms in total. The van der Waals surface area contributed by atoms with Gasteiger partial charge in [0.15, 0.2) is 0 Å². The van der Waals surface area contributed by atoms with Gasteiger partial charge in [0, 0.05) is 5.92 Å². The number of carbonyl (C=O) groups is 1. The summed E-state index contributed by atoms with van der Waals surface area (Å²) in [7, 11) is 0. The number of Topliss-reactive ketones (excluding diaryl/α,β-unsaturated/α-hetero) is 1. The maximum absolute atomic E-state index is 11.5. The van der Waals surface area contributed by atoms with E-state index in [-0.39, 0.29) is 0 Å². The summed E-state index contributed by atoms with van der Waals surface area (Å²) in [6, 6.07) is 0. The summed E-state index contributed by atoms with van der Waals surface area (Å²) in [6.07, 6.45) is 5.93. The maximum Gasteiger partial charge on any atom is 0.133 e. The molecule has 0 saturated heterocycles. The van der Waals surface area contributed by atoms with Crippen molar-refractivity contribution in [3.05, 3.63) is 11.1 Å². The van der Waals surface area contributed by atoms with E-state index in [1.54, 1.807) is 18.1 Å².